The molecule has 1 saturated heterocycles. The summed E-state index contributed by atoms with van der Waals surface area (Å²) in [4.78, 5) is 2.71. The van der Waals surface area contributed by atoms with Crippen LogP contribution in [0.2, 0.25) is 0 Å². The second-order valence-electron chi connectivity index (χ2n) is 7.83. The van der Waals surface area contributed by atoms with Crippen molar-refractivity contribution in [1.82, 2.24) is 9.47 Å². The Morgan fingerprint density at radius 3 is 2.71 bits per heavy atom. The quantitative estimate of drug-likeness (QED) is 0.695. The molecule has 0 amide bonds. The Kier molecular flexibility index (Phi) is 2.78. The van der Waals surface area contributed by atoms with Crippen LogP contribution in [0.25, 0.3) is 10.9 Å². The second-order valence-corrected chi connectivity index (χ2v) is 7.83. The van der Waals surface area contributed by atoms with Gasteiger partial charge < -0.3 is 4.57 Å². The van der Waals surface area contributed by atoms with Gasteiger partial charge in [0.2, 0.25) is 0 Å². The summed E-state index contributed by atoms with van der Waals surface area (Å²) in [5.74, 6) is 0. The maximum Gasteiger partial charge on any atom is 0.0491 e. The summed E-state index contributed by atoms with van der Waals surface area (Å²) in [5, 5.41) is 1.51. The summed E-state index contributed by atoms with van der Waals surface area (Å²) in [5.41, 5.74) is 6.22. The van der Waals surface area contributed by atoms with E-state index in [0.717, 1.165) is 0 Å². The van der Waals surface area contributed by atoms with Gasteiger partial charge in [-0.1, -0.05) is 11.6 Å². The monoisotopic (exact) mass is 282 g/mol. The van der Waals surface area contributed by atoms with Gasteiger partial charge in [-0.2, -0.15) is 0 Å². The van der Waals surface area contributed by atoms with Crippen molar-refractivity contribution in [2.75, 3.05) is 13.1 Å². The molecule has 2 aliphatic heterocycles. The van der Waals surface area contributed by atoms with E-state index in [1.165, 1.54) is 48.8 Å². The first kappa shape index (κ1) is 13.4. The largest absolute Gasteiger partial charge is 0.339 e. The van der Waals surface area contributed by atoms with Crippen molar-refractivity contribution < 1.29 is 0 Å². The standard InChI is InChI=1S/C19H26N2/c1-13-7-8-15-14(12-13)18-16-6-5-10-20(16)11-9-17(18)21(15)19(2,3)4/h7-8,12,16H,5-6,9-11H2,1-4H3. The zero-order valence-corrected chi connectivity index (χ0v) is 13.7. The zero-order chi connectivity index (χ0) is 14.8. The van der Waals surface area contributed by atoms with Gasteiger partial charge in [0, 0.05) is 41.1 Å². The highest BCUT2D eigenvalue weighted by molar-refractivity contribution is 5.87. The first-order chi connectivity index (χ1) is 9.97. The summed E-state index contributed by atoms with van der Waals surface area (Å²) in [7, 11) is 0. The first-order valence-corrected chi connectivity index (χ1v) is 8.35. The van der Waals surface area contributed by atoms with Crippen LogP contribution in [0.5, 0.6) is 0 Å². The molecule has 0 bridgehead atoms. The fourth-order valence-corrected chi connectivity index (χ4v) is 4.54. The summed E-state index contributed by atoms with van der Waals surface area (Å²) >= 11 is 0. The minimum atomic E-state index is 0.155. The van der Waals surface area contributed by atoms with E-state index in [1.807, 2.05) is 0 Å². The lowest BCUT2D eigenvalue weighted by Crippen LogP contribution is -2.33. The van der Waals surface area contributed by atoms with Crippen LogP contribution in [0.1, 0.15) is 56.5 Å². The van der Waals surface area contributed by atoms with Gasteiger partial charge in [0.25, 0.3) is 0 Å². The summed E-state index contributed by atoms with van der Waals surface area (Å²) in [6.07, 6.45) is 3.90. The van der Waals surface area contributed by atoms with E-state index in [-0.39, 0.29) is 5.54 Å². The zero-order valence-electron chi connectivity index (χ0n) is 13.7. The van der Waals surface area contributed by atoms with Crippen LogP contribution in [0.3, 0.4) is 0 Å². The van der Waals surface area contributed by atoms with Gasteiger partial charge in [-0.05, 0) is 64.8 Å². The number of aromatic nitrogens is 1. The average Bonchev–Trinajstić information content (AvgIpc) is 2.97. The highest BCUT2D eigenvalue weighted by Gasteiger charge is 2.36. The Labute approximate surface area is 127 Å². The Morgan fingerprint density at radius 1 is 1.14 bits per heavy atom. The molecule has 2 nitrogen and oxygen atoms in total. The van der Waals surface area contributed by atoms with Gasteiger partial charge >= 0.3 is 0 Å². The highest BCUT2D eigenvalue weighted by atomic mass is 15.2. The predicted octanol–water partition coefficient (Wildman–Crippen LogP) is 4.40. The third kappa shape index (κ3) is 1.88. The number of hydrogen-bond donors (Lipinski definition) is 0. The number of benzene rings is 1. The smallest absolute Gasteiger partial charge is 0.0491 e. The SMILES string of the molecule is Cc1ccc2c(c1)c1c(n2C(C)(C)C)CCN2CCCC12. The Balaban J connectivity index is 2.07. The molecular formula is C19H26N2. The van der Waals surface area contributed by atoms with Gasteiger partial charge in [0.1, 0.15) is 0 Å². The van der Waals surface area contributed by atoms with Crippen molar-refractivity contribution >= 4 is 10.9 Å². The lowest BCUT2D eigenvalue weighted by atomic mass is 9.95. The number of hydrogen-bond acceptors (Lipinski definition) is 1. The molecular weight excluding hydrogens is 256 g/mol. The van der Waals surface area contributed by atoms with Crippen LogP contribution in [0.4, 0.5) is 0 Å². The van der Waals surface area contributed by atoms with Gasteiger partial charge in [0.15, 0.2) is 0 Å². The Bertz CT molecular complexity index is 702. The van der Waals surface area contributed by atoms with Crippen molar-refractivity contribution in [1.29, 1.82) is 0 Å². The van der Waals surface area contributed by atoms with Crippen LogP contribution >= 0.6 is 0 Å². The highest BCUT2D eigenvalue weighted by Crippen LogP contribution is 2.44. The number of aryl methyl sites for hydroxylation is 1. The molecule has 1 aromatic carbocycles. The summed E-state index contributed by atoms with van der Waals surface area (Å²) < 4.78 is 2.62. The van der Waals surface area contributed by atoms with Crippen LogP contribution in [0.15, 0.2) is 18.2 Å². The third-order valence-electron chi connectivity index (χ3n) is 5.27. The Hall–Kier alpha value is -1.28. The maximum atomic E-state index is 2.71. The maximum absolute atomic E-state index is 2.71. The van der Waals surface area contributed by atoms with Gasteiger partial charge in [-0.3, -0.25) is 4.90 Å². The van der Waals surface area contributed by atoms with Crippen LogP contribution in [-0.2, 0) is 12.0 Å². The molecule has 1 atom stereocenters. The van der Waals surface area contributed by atoms with Crippen LogP contribution in [-0.4, -0.2) is 22.6 Å². The van der Waals surface area contributed by atoms with Crippen molar-refractivity contribution in [3.8, 4) is 0 Å². The third-order valence-corrected chi connectivity index (χ3v) is 5.27. The Morgan fingerprint density at radius 2 is 1.95 bits per heavy atom. The molecule has 4 rings (SSSR count). The molecule has 1 fully saturated rings. The van der Waals surface area contributed by atoms with E-state index in [4.69, 9.17) is 0 Å². The van der Waals surface area contributed by atoms with E-state index in [2.05, 4.69) is 55.4 Å². The molecule has 2 aliphatic rings. The molecule has 2 heteroatoms. The molecule has 0 saturated carbocycles. The summed E-state index contributed by atoms with van der Waals surface area (Å²) in [6.45, 7) is 11.8. The molecule has 2 aromatic rings. The number of fused-ring (bicyclic) bond motifs is 5. The van der Waals surface area contributed by atoms with Gasteiger partial charge in [-0.15, -0.1) is 0 Å². The van der Waals surface area contributed by atoms with Crippen molar-refractivity contribution in [2.45, 2.75) is 58.5 Å². The van der Waals surface area contributed by atoms with E-state index < -0.39 is 0 Å². The van der Waals surface area contributed by atoms with Crippen LogP contribution in [0, 0.1) is 6.92 Å². The molecule has 112 valence electrons. The fraction of sp³-hybridized carbons (Fsp3) is 0.579. The molecule has 1 unspecified atom stereocenters. The molecule has 0 spiro atoms. The molecule has 1 aromatic heterocycles. The fourth-order valence-electron chi connectivity index (χ4n) is 4.54. The van der Waals surface area contributed by atoms with E-state index in [9.17, 15) is 0 Å². The molecule has 21 heavy (non-hydrogen) atoms. The first-order valence-electron chi connectivity index (χ1n) is 8.35. The molecule has 0 aliphatic carbocycles. The molecule has 0 radical (unpaired) electrons. The second kappa shape index (κ2) is 4.36. The van der Waals surface area contributed by atoms with E-state index >= 15 is 0 Å². The van der Waals surface area contributed by atoms with Crippen molar-refractivity contribution in [3.63, 3.8) is 0 Å². The van der Waals surface area contributed by atoms with Gasteiger partial charge in [-0.25, -0.2) is 0 Å². The number of nitrogens with zero attached hydrogens (tertiary/aromatic N) is 2. The lowest BCUT2D eigenvalue weighted by molar-refractivity contribution is 0.237. The molecule has 3 heterocycles. The average molecular weight is 282 g/mol. The molecule has 0 N–H and O–H groups in total. The van der Waals surface area contributed by atoms with Crippen molar-refractivity contribution in [2.24, 2.45) is 0 Å². The predicted molar refractivity (Wildman–Crippen MR) is 88.9 cm³/mol. The topological polar surface area (TPSA) is 8.17 Å². The minimum Gasteiger partial charge on any atom is -0.339 e. The van der Waals surface area contributed by atoms with Gasteiger partial charge in [0.05, 0.1) is 0 Å². The van der Waals surface area contributed by atoms with E-state index in [0.29, 0.717) is 6.04 Å². The number of rotatable bonds is 0. The normalized spacial score (nSPS) is 22.6. The lowest BCUT2D eigenvalue weighted by Gasteiger charge is -2.33. The minimum absolute atomic E-state index is 0.155. The van der Waals surface area contributed by atoms with Crippen LogP contribution < -0.4 is 0 Å². The van der Waals surface area contributed by atoms with E-state index in [1.54, 1.807) is 11.3 Å². The summed E-state index contributed by atoms with van der Waals surface area (Å²) in [6, 6.07) is 7.69. The van der Waals surface area contributed by atoms with Crippen molar-refractivity contribution in [3.05, 3.63) is 35.0 Å².